The molecule has 21 heavy (non-hydrogen) atoms. The van der Waals surface area contributed by atoms with E-state index < -0.39 is 18.0 Å². The number of ether oxygens (including phenoxy) is 1. The predicted octanol–water partition coefficient (Wildman–Crippen LogP) is 0.284. The standard InChI is InChI=1S/C15H27NO5/c1-5-6-7-12(17)8-9-15(20)21-13(10-14(18)19)11-16(2,3)4/h13H,5-11H2,1-4H3. The van der Waals surface area contributed by atoms with Crippen LogP contribution >= 0.6 is 0 Å². The molecule has 0 aliphatic carbocycles. The Morgan fingerprint density at radius 2 is 1.71 bits per heavy atom. The Hall–Kier alpha value is -1.43. The minimum absolute atomic E-state index is 0.00321. The lowest BCUT2D eigenvalue weighted by Gasteiger charge is -2.29. The number of rotatable bonds is 11. The van der Waals surface area contributed by atoms with Gasteiger partial charge in [-0.2, -0.15) is 0 Å². The molecule has 122 valence electrons. The van der Waals surface area contributed by atoms with E-state index in [1.54, 1.807) is 0 Å². The van der Waals surface area contributed by atoms with Gasteiger partial charge in [0.15, 0.2) is 6.10 Å². The Balaban J connectivity index is 4.27. The van der Waals surface area contributed by atoms with Crippen LogP contribution in [0.5, 0.6) is 0 Å². The molecule has 0 saturated carbocycles. The first-order valence-electron chi connectivity index (χ1n) is 7.35. The summed E-state index contributed by atoms with van der Waals surface area (Å²) in [5, 5.41) is 10.7. The molecule has 0 aromatic carbocycles. The number of Topliss-reactive ketones (excluding diaryl/α,β-unsaturated/α-hetero) is 1. The van der Waals surface area contributed by atoms with E-state index in [1.807, 2.05) is 28.1 Å². The fourth-order valence-corrected chi connectivity index (χ4v) is 1.93. The Morgan fingerprint density at radius 1 is 1.10 bits per heavy atom. The van der Waals surface area contributed by atoms with Gasteiger partial charge in [0.1, 0.15) is 12.3 Å². The molecule has 0 aliphatic heterocycles. The van der Waals surface area contributed by atoms with Crippen LogP contribution in [0, 0.1) is 0 Å². The summed E-state index contributed by atoms with van der Waals surface area (Å²) >= 11 is 0. The van der Waals surface area contributed by atoms with Crippen LogP contribution in [-0.2, 0) is 19.1 Å². The minimum atomic E-state index is -1.25. The largest absolute Gasteiger partial charge is 0.550 e. The smallest absolute Gasteiger partial charge is 0.306 e. The number of quaternary nitrogens is 1. The zero-order chi connectivity index (χ0) is 16.5. The van der Waals surface area contributed by atoms with Gasteiger partial charge in [-0.05, 0) is 6.42 Å². The third-order valence-electron chi connectivity index (χ3n) is 2.86. The summed E-state index contributed by atoms with van der Waals surface area (Å²) in [5.41, 5.74) is 0. The lowest BCUT2D eigenvalue weighted by Crippen LogP contribution is -2.45. The molecular formula is C15H27NO5. The summed E-state index contributed by atoms with van der Waals surface area (Å²) in [6.45, 7) is 2.38. The number of aliphatic carboxylic acids is 1. The molecule has 0 saturated heterocycles. The van der Waals surface area contributed by atoms with Gasteiger partial charge in [-0.25, -0.2) is 0 Å². The summed E-state index contributed by atoms with van der Waals surface area (Å²) < 4.78 is 5.64. The van der Waals surface area contributed by atoms with Crippen molar-refractivity contribution >= 4 is 17.7 Å². The van der Waals surface area contributed by atoms with Crippen LogP contribution in [0.3, 0.4) is 0 Å². The Morgan fingerprint density at radius 3 is 2.19 bits per heavy atom. The van der Waals surface area contributed by atoms with Crippen molar-refractivity contribution in [2.24, 2.45) is 0 Å². The highest BCUT2D eigenvalue weighted by molar-refractivity contribution is 5.83. The monoisotopic (exact) mass is 301 g/mol. The number of unbranched alkanes of at least 4 members (excludes halogenated alkanes) is 1. The average Bonchev–Trinajstić information content (AvgIpc) is 2.30. The highest BCUT2D eigenvalue weighted by Gasteiger charge is 2.22. The van der Waals surface area contributed by atoms with Crippen molar-refractivity contribution in [2.45, 2.75) is 51.6 Å². The normalized spacial score (nSPS) is 12.8. The molecule has 0 aliphatic rings. The first kappa shape index (κ1) is 19.6. The fourth-order valence-electron chi connectivity index (χ4n) is 1.93. The third kappa shape index (κ3) is 12.1. The summed E-state index contributed by atoms with van der Waals surface area (Å²) in [7, 11) is 5.64. The highest BCUT2D eigenvalue weighted by Crippen LogP contribution is 2.08. The van der Waals surface area contributed by atoms with Gasteiger partial charge >= 0.3 is 5.97 Å². The highest BCUT2D eigenvalue weighted by atomic mass is 16.5. The summed E-state index contributed by atoms with van der Waals surface area (Å²) in [6, 6.07) is 0. The van der Waals surface area contributed by atoms with Gasteiger partial charge in [-0.1, -0.05) is 13.3 Å². The molecule has 0 rings (SSSR count). The maximum absolute atomic E-state index is 11.7. The summed E-state index contributed by atoms with van der Waals surface area (Å²) in [4.78, 5) is 33.9. The number of carboxylic acid groups (broad SMARTS) is 1. The fraction of sp³-hybridized carbons (Fsp3) is 0.800. The number of carboxylic acids is 1. The summed E-state index contributed by atoms with van der Waals surface area (Å²) in [6.07, 6.45) is 1.34. The topological polar surface area (TPSA) is 83.5 Å². The van der Waals surface area contributed by atoms with E-state index >= 15 is 0 Å². The molecular weight excluding hydrogens is 274 g/mol. The van der Waals surface area contributed by atoms with Crippen LogP contribution in [0.4, 0.5) is 0 Å². The van der Waals surface area contributed by atoms with Gasteiger partial charge in [0.05, 0.1) is 27.6 Å². The molecule has 0 fully saturated rings. The van der Waals surface area contributed by atoms with E-state index in [4.69, 9.17) is 4.74 Å². The SMILES string of the molecule is CCCCC(=O)CCC(=O)OC(CC(=O)[O-])C[N+](C)(C)C. The maximum atomic E-state index is 11.7. The number of nitrogens with zero attached hydrogens (tertiary/aromatic N) is 1. The van der Waals surface area contributed by atoms with Gasteiger partial charge in [0, 0.05) is 25.2 Å². The van der Waals surface area contributed by atoms with E-state index in [1.165, 1.54) is 0 Å². The molecule has 0 aromatic rings. The van der Waals surface area contributed by atoms with Crippen LogP contribution in [-0.4, -0.2) is 56.0 Å². The lowest BCUT2D eigenvalue weighted by molar-refractivity contribution is -0.873. The van der Waals surface area contributed by atoms with Gasteiger partial charge in [-0.15, -0.1) is 0 Å². The van der Waals surface area contributed by atoms with Gasteiger partial charge in [0.25, 0.3) is 0 Å². The van der Waals surface area contributed by atoms with Crippen molar-refractivity contribution < 1.29 is 28.7 Å². The number of hydrogen-bond acceptors (Lipinski definition) is 5. The first-order valence-corrected chi connectivity index (χ1v) is 7.35. The summed E-state index contributed by atoms with van der Waals surface area (Å²) in [5.74, 6) is -1.74. The Kier molecular flexibility index (Phi) is 8.85. The molecule has 0 amide bonds. The van der Waals surface area contributed by atoms with Gasteiger partial charge in [-0.3, -0.25) is 9.59 Å². The van der Waals surface area contributed by atoms with Crippen molar-refractivity contribution in [3.8, 4) is 0 Å². The molecule has 1 unspecified atom stereocenters. The molecule has 0 bridgehead atoms. The average molecular weight is 301 g/mol. The van der Waals surface area contributed by atoms with Gasteiger partial charge < -0.3 is 19.1 Å². The molecule has 0 spiro atoms. The molecule has 1 atom stereocenters. The number of ketones is 1. The zero-order valence-electron chi connectivity index (χ0n) is 13.5. The number of likely N-dealkylation sites (N-methyl/N-ethyl adjacent to an activating group) is 1. The van der Waals surface area contributed by atoms with Crippen molar-refractivity contribution in [1.82, 2.24) is 0 Å². The number of esters is 1. The second-order valence-electron chi connectivity index (χ2n) is 6.30. The van der Waals surface area contributed by atoms with Crippen LogP contribution < -0.4 is 5.11 Å². The molecule has 0 heterocycles. The van der Waals surface area contributed by atoms with E-state index in [0.29, 0.717) is 17.4 Å². The number of carbonyl (C=O) groups excluding carboxylic acids is 3. The predicted molar refractivity (Wildman–Crippen MR) is 76.2 cm³/mol. The Labute approximate surface area is 126 Å². The van der Waals surface area contributed by atoms with E-state index in [2.05, 4.69) is 0 Å². The molecule has 0 radical (unpaired) electrons. The maximum Gasteiger partial charge on any atom is 0.306 e. The van der Waals surface area contributed by atoms with Crippen molar-refractivity contribution in [2.75, 3.05) is 27.7 Å². The van der Waals surface area contributed by atoms with E-state index in [0.717, 1.165) is 12.8 Å². The number of carbonyl (C=O) groups is 3. The second kappa shape index (κ2) is 9.50. The quantitative estimate of drug-likeness (QED) is 0.404. The second-order valence-corrected chi connectivity index (χ2v) is 6.30. The Bertz CT molecular complexity index is 360. The van der Waals surface area contributed by atoms with Crippen molar-refractivity contribution in [3.63, 3.8) is 0 Å². The van der Waals surface area contributed by atoms with Crippen molar-refractivity contribution in [3.05, 3.63) is 0 Å². The van der Waals surface area contributed by atoms with Gasteiger partial charge in [0.2, 0.25) is 0 Å². The molecule has 6 heteroatoms. The first-order chi connectivity index (χ1) is 9.64. The van der Waals surface area contributed by atoms with Crippen LogP contribution in [0.1, 0.15) is 45.4 Å². The van der Waals surface area contributed by atoms with Crippen LogP contribution in [0.2, 0.25) is 0 Å². The minimum Gasteiger partial charge on any atom is -0.550 e. The van der Waals surface area contributed by atoms with Crippen LogP contribution in [0.25, 0.3) is 0 Å². The molecule has 6 nitrogen and oxygen atoms in total. The lowest BCUT2D eigenvalue weighted by atomic mass is 10.1. The molecule has 0 aromatic heterocycles. The van der Waals surface area contributed by atoms with Crippen LogP contribution in [0.15, 0.2) is 0 Å². The zero-order valence-corrected chi connectivity index (χ0v) is 13.5. The third-order valence-corrected chi connectivity index (χ3v) is 2.86. The van der Waals surface area contributed by atoms with Crippen molar-refractivity contribution in [1.29, 1.82) is 0 Å². The number of hydrogen-bond donors (Lipinski definition) is 0. The van der Waals surface area contributed by atoms with E-state index in [-0.39, 0.29) is 25.0 Å². The van der Waals surface area contributed by atoms with E-state index in [9.17, 15) is 19.5 Å². The molecule has 0 N–H and O–H groups in total.